The van der Waals surface area contributed by atoms with Crippen molar-refractivity contribution < 1.29 is 14.7 Å². The van der Waals surface area contributed by atoms with Gasteiger partial charge in [0, 0.05) is 35.7 Å². The maximum atomic E-state index is 12.8. The summed E-state index contributed by atoms with van der Waals surface area (Å²) in [7, 11) is 0. The predicted molar refractivity (Wildman–Crippen MR) is 82.2 cm³/mol. The van der Waals surface area contributed by atoms with Crippen LogP contribution in [0.1, 0.15) is 41.0 Å². The molecule has 1 heterocycles. The average Bonchev–Trinajstić information content (AvgIpc) is 2.30. The summed E-state index contributed by atoms with van der Waals surface area (Å²) < 4.78 is 0. The Morgan fingerprint density at radius 2 is 1.95 bits per heavy atom. The van der Waals surface area contributed by atoms with Crippen LogP contribution in [-0.2, 0) is 4.79 Å². The molecule has 20 heavy (non-hydrogen) atoms. The molecular weight excluding hydrogens is 276 g/mol. The molecule has 1 saturated heterocycles. The third-order valence-electron chi connectivity index (χ3n) is 3.72. The van der Waals surface area contributed by atoms with E-state index >= 15 is 0 Å². The van der Waals surface area contributed by atoms with E-state index in [1.807, 2.05) is 37.4 Å². The van der Waals surface area contributed by atoms with Gasteiger partial charge in [0.2, 0.25) is 0 Å². The zero-order valence-electron chi connectivity index (χ0n) is 13.0. The van der Waals surface area contributed by atoms with Gasteiger partial charge in [0.25, 0.3) is 0 Å². The highest BCUT2D eigenvalue weighted by Gasteiger charge is 2.35. The molecule has 1 aliphatic heterocycles. The van der Waals surface area contributed by atoms with Crippen molar-refractivity contribution in [1.29, 1.82) is 0 Å². The Morgan fingerprint density at radius 3 is 2.45 bits per heavy atom. The van der Waals surface area contributed by atoms with Crippen molar-refractivity contribution >= 4 is 23.8 Å². The molecule has 0 aromatic carbocycles. The Morgan fingerprint density at radius 1 is 1.35 bits per heavy atom. The minimum absolute atomic E-state index is 0.0183. The number of hydrogen-bond acceptors (Lipinski definition) is 3. The third kappa shape index (κ3) is 4.30. The molecule has 0 radical (unpaired) electrons. The summed E-state index contributed by atoms with van der Waals surface area (Å²) in [6.45, 7) is 11.0. The second-order valence-electron chi connectivity index (χ2n) is 6.26. The van der Waals surface area contributed by atoms with Crippen LogP contribution in [0.15, 0.2) is 0 Å². The minimum atomic E-state index is -0.873. The summed E-state index contributed by atoms with van der Waals surface area (Å²) in [5.74, 6) is 0.0661. The van der Waals surface area contributed by atoms with Crippen LogP contribution in [0.5, 0.6) is 0 Å². The monoisotopic (exact) mass is 302 g/mol. The summed E-state index contributed by atoms with van der Waals surface area (Å²) in [6, 6.07) is 0.134. The number of carboxylic acid groups (broad SMARTS) is 1. The van der Waals surface area contributed by atoms with E-state index in [2.05, 4.69) is 13.8 Å². The first-order chi connectivity index (χ1) is 9.14. The minimum Gasteiger partial charge on any atom is -0.481 e. The number of thioether (sulfide) groups is 1. The van der Waals surface area contributed by atoms with Crippen molar-refractivity contribution in [2.45, 2.75) is 57.9 Å². The van der Waals surface area contributed by atoms with Gasteiger partial charge in [-0.1, -0.05) is 6.92 Å². The zero-order valence-corrected chi connectivity index (χ0v) is 13.9. The molecule has 1 rings (SSSR count). The molecule has 1 fully saturated rings. The molecule has 0 aliphatic carbocycles. The highest BCUT2D eigenvalue weighted by Crippen LogP contribution is 2.27. The third-order valence-corrected chi connectivity index (χ3v) is 5.06. The largest absolute Gasteiger partial charge is 0.481 e. The van der Waals surface area contributed by atoms with Crippen molar-refractivity contribution in [2.24, 2.45) is 0 Å². The van der Waals surface area contributed by atoms with Gasteiger partial charge in [0.15, 0.2) is 0 Å². The number of carboxylic acids is 1. The average molecular weight is 302 g/mol. The van der Waals surface area contributed by atoms with Gasteiger partial charge < -0.3 is 14.9 Å². The van der Waals surface area contributed by atoms with E-state index in [1.54, 1.807) is 4.90 Å². The van der Waals surface area contributed by atoms with Crippen molar-refractivity contribution in [1.82, 2.24) is 9.80 Å². The number of carbonyl (C=O) groups is 2. The van der Waals surface area contributed by atoms with Gasteiger partial charge in [-0.15, -0.1) is 0 Å². The fourth-order valence-corrected chi connectivity index (χ4v) is 3.38. The maximum Gasteiger partial charge on any atom is 0.320 e. The van der Waals surface area contributed by atoms with Crippen LogP contribution < -0.4 is 0 Å². The lowest BCUT2D eigenvalue weighted by Crippen LogP contribution is -2.57. The fourth-order valence-electron chi connectivity index (χ4n) is 2.28. The summed E-state index contributed by atoms with van der Waals surface area (Å²) in [5, 5.41) is 9.27. The fraction of sp³-hybridized carbons (Fsp3) is 0.857. The van der Waals surface area contributed by atoms with Crippen LogP contribution in [0.3, 0.4) is 0 Å². The molecule has 2 amide bonds. The van der Waals surface area contributed by atoms with Gasteiger partial charge >= 0.3 is 12.0 Å². The molecule has 0 spiro atoms. The topological polar surface area (TPSA) is 60.9 Å². The Balaban J connectivity index is 2.84. The van der Waals surface area contributed by atoms with E-state index in [-0.39, 0.29) is 30.6 Å². The second-order valence-corrected chi connectivity index (χ2v) is 7.74. The normalized spacial score (nSPS) is 23.6. The standard InChI is InChI=1S/C14H26N2O3S/c1-10-11(2)20-9-8-15(10)13(19)16(14(3,4)5)7-6-12(17)18/h10-11H,6-9H2,1-5H3,(H,17,18). The van der Waals surface area contributed by atoms with Gasteiger partial charge in [0.1, 0.15) is 0 Å². The smallest absolute Gasteiger partial charge is 0.320 e. The molecule has 1 aliphatic rings. The maximum absolute atomic E-state index is 12.8. The predicted octanol–water partition coefficient (Wildman–Crippen LogP) is 2.51. The van der Waals surface area contributed by atoms with Gasteiger partial charge in [-0.25, -0.2) is 4.79 Å². The summed E-state index contributed by atoms with van der Waals surface area (Å²) in [6.07, 6.45) is -0.0183. The number of rotatable bonds is 3. The highest BCUT2D eigenvalue weighted by molar-refractivity contribution is 8.00. The van der Waals surface area contributed by atoms with E-state index < -0.39 is 5.97 Å². The quantitative estimate of drug-likeness (QED) is 0.870. The summed E-state index contributed by atoms with van der Waals surface area (Å²) in [5.41, 5.74) is -0.375. The van der Waals surface area contributed by atoms with Crippen molar-refractivity contribution in [3.8, 4) is 0 Å². The summed E-state index contributed by atoms with van der Waals surface area (Å²) >= 11 is 1.88. The highest BCUT2D eigenvalue weighted by atomic mass is 32.2. The number of hydrogen-bond donors (Lipinski definition) is 1. The van der Waals surface area contributed by atoms with Gasteiger partial charge in [-0.05, 0) is 27.7 Å². The number of amides is 2. The van der Waals surface area contributed by atoms with Crippen LogP contribution in [-0.4, -0.2) is 62.6 Å². The lowest BCUT2D eigenvalue weighted by Gasteiger charge is -2.44. The van der Waals surface area contributed by atoms with Crippen molar-refractivity contribution in [3.05, 3.63) is 0 Å². The molecule has 6 heteroatoms. The number of aliphatic carboxylic acids is 1. The Kier molecular flexibility index (Phi) is 5.74. The van der Waals surface area contributed by atoms with Gasteiger partial charge in [-0.3, -0.25) is 4.79 Å². The first-order valence-electron chi connectivity index (χ1n) is 7.06. The van der Waals surface area contributed by atoms with E-state index in [0.29, 0.717) is 5.25 Å². The second kappa shape index (κ2) is 6.70. The van der Waals surface area contributed by atoms with E-state index in [1.165, 1.54) is 0 Å². The first-order valence-corrected chi connectivity index (χ1v) is 8.11. The molecule has 0 bridgehead atoms. The van der Waals surface area contributed by atoms with Crippen LogP contribution in [0.25, 0.3) is 0 Å². The molecule has 0 saturated carbocycles. The van der Waals surface area contributed by atoms with Crippen molar-refractivity contribution in [2.75, 3.05) is 18.8 Å². The molecule has 5 nitrogen and oxygen atoms in total. The Bertz CT molecular complexity index is 368. The van der Waals surface area contributed by atoms with Crippen LogP contribution in [0, 0.1) is 0 Å². The first kappa shape index (κ1) is 17.1. The number of nitrogens with zero attached hydrogens (tertiary/aromatic N) is 2. The molecule has 2 unspecified atom stereocenters. The summed E-state index contributed by atoms with van der Waals surface area (Å²) in [4.78, 5) is 27.1. The Labute approximate surface area is 125 Å². The SMILES string of the molecule is CC1SCCN(C(=O)N(CCC(=O)O)C(C)(C)C)C1C. The number of urea groups is 1. The lowest BCUT2D eigenvalue weighted by molar-refractivity contribution is -0.137. The van der Waals surface area contributed by atoms with E-state index in [4.69, 9.17) is 5.11 Å². The Hall–Kier alpha value is -0.910. The zero-order chi connectivity index (χ0) is 15.5. The number of carbonyl (C=O) groups excluding carboxylic acids is 1. The van der Waals surface area contributed by atoms with Crippen LogP contribution >= 0.6 is 11.8 Å². The van der Waals surface area contributed by atoms with Crippen LogP contribution in [0.4, 0.5) is 4.79 Å². The lowest BCUT2D eigenvalue weighted by atomic mass is 10.1. The molecule has 116 valence electrons. The molecular formula is C14H26N2O3S. The van der Waals surface area contributed by atoms with Gasteiger partial charge in [0.05, 0.1) is 6.42 Å². The molecule has 0 aromatic heterocycles. The molecule has 2 atom stereocenters. The van der Waals surface area contributed by atoms with Gasteiger partial charge in [-0.2, -0.15) is 11.8 Å². The molecule has 0 aromatic rings. The van der Waals surface area contributed by atoms with E-state index in [9.17, 15) is 9.59 Å². The molecule has 1 N–H and O–H groups in total. The van der Waals surface area contributed by atoms with E-state index in [0.717, 1.165) is 12.3 Å². The van der Waals surface area contributed by atoms with Crippen LogP contribution in [0.2, 0.25) is 0 Å². The van der Waals surface area contributed by atoms with Crippen molar-refractivity contribution in [3.63, 3.8) is 0 Å².